The Morgan fingerprint density at radius 2 is 2.17 bits per heavy atom. The summed E-state index contributed by atoms with van der Waals surface area (Å²) in [5, 5.41) is 7.74. The van der Waals surface area contributed by atoms with Gasteiger partial charge in [-0.15, -0.1) is 0 Å². The molecule has 3 heterocycles. The SMILES string of the molecule is COc1cnccc1-c1noc(C2CNCC23CCCCC3)n1. The van der Waals surface area contributed by atoms with E-state index in [1.807, 2.05) is 6.07 Å². The topological polar surface area (TPSA) is 73.1 Å². The lowest BCUT2D eigenvalue weighted by Crippen LogP contribution is -2.31. The molecule has 2 aromatic heterocycles. The first-order valence-electron chi connectivity index (χ1n) is 8.35. The number of pyridine rings is 1. The van der Waals surface area contributed by atoms with Gasteiger partial charge in [0.05, 0.1) is 24.8 Å². The lowest BCUT2D eigenvalue weighted by molar-refractivity contribution is 0.165. The summed E-state index contributed by atoms with van der Waals surface area (Å²) in [6, 6.07) is 1.86. The van der Waals surface area contributed by atoms with E-state index in [0.717, 1.165) is 24.5 Å². The van der Waals surface area contributed by atoms with Crippen LogP contribution in [0.2, 0.25) is 0 Å². The number of hydrogen-bond donors (Lipinski definition) is 1. The summed E-state index contributed by atoms with van der Waals surface area (Å²) in [4.78, 5) is 8.77. The van der Waals surface area contributed by atoms with Gasteiger partial charge in [-0.25, -0.2) is 0 Å². The van der Waals surface area contributed by atoms with Crippen LogP contribution >= 0.6 is 0 Å². The van der Waals surface area contributed by atoms with Crippen LogP contribution < -0.4 is 10.1 Å². The van der Waals surface area contributed by atoms with Gasteiger partial charge in [0.15, 0.2) is 0 Å². The third-order valence-corrected chi connectivity index (χ3v) is 5.40. The first-order valence-corrected chi connectivity index (χ1v) is 8.35. The smallest absolute Gasteiger partial charge is 0.231 e. The Bertz CT molecular complexity index is 679. The summed E-state index contributed by atoms with van der Waals surface area (Å²) in [5.41, 5.74) is 1.12. The van der Waals surface area contributed by atoms with E-state index in [4.69, 9.17) is 14.2 Å². The van der Waals surface area contributed by atoms with Gasteiger partial charge < -0.3 is 14.6 Å². The highest BCUT2D eigenvalue weighted by Crippen LogP contribution is 2.49. The van der Waals surface area contributed by atoms with Gasteiger partial charge in [-0.2, -0.15) is 4.98 Å². The minimum atomic E-state index is 0.296. The van der Waals surface area contributed by atoms with Gasteiger partial charge in [0.1, 0.15) is 5.75 Å². The zero-order chi connectivity index (χ0) is 15.7. The van der Waals surface area contributed by atoms with Crippen LogP contribution in [0.4, 0.5) is 0 Å². The van der Waals surface area contributed by atoms with E-state index in [0.29, 0.717) is 22.9 Å². The van der Waals surface area contributed by atoms with E-state index in [2.05, 4.69) is 15.5 Å². The number of nitrogens with zero attached hydrogens (tertiary/aromatic N) is 3. The highest BCUT2D eigenvalue weighted by molar-refractivity contribution is 5.62. The van der Waals surface area contributed by atoms with Crippen LogP contribution in [0.5, 0.6) is 5.75 Å². The van der Waals surface area contributed by atoms with Crippen molar-refractivity contribution in [1.29, 1.82) is 0 Å². The van der Waals surface area contributed by atoms with Crippen molar-refractivity contribution < 1.29 is 9.26 Å². The molecule has 1 unspecified atom stereocenters. The molecule has 1 N–H and O–H groups in total. The fraction of sp³-hybridized carbons (Fsp3) is 0.588. The predicted molar refractivity (Wildman–Crippen MR) is 85.2 cm³/mol. The number of aromatic nitrogens is 3. The molecule has 2 aromatic rings. The average molecular weight is 314 g/mol. The van der Waals surface area contributed by atoms with Crippen LogP contribution in [0.3, 0.4) is 0 Å². The number of methoxy groups -OCH3 is 1. The van der Waals surface area contributed by atoms with Crippen molar-refractivity contribution in [2.24, 2.45) is 5.41 Å². The highest BCUT2D eigenvalue weighted by Gasteiger charge is 2.46. The summed E-state index contributed by atoms with van der Waals surface area (Å²) in [6.45, 7) is 1.99. The molecule has 1 saturated heterocycles. The molecule has 1 atom stereocenters. The van der Waals surface area contributed by atoms with Crippen LogP contribution in [0.25, 0.3) is 11.4 Å². The maximum absolute atomic E-state index is 5.65. The number of hydrogen-bond acceptors (Lipinski definition) is 6. The van der Waals surface area contributed by atoms with Gasteiger partial charge in [0.2, 0.25) is 11.7 Å². The number of rotatable bonds is 3. The van der Waals surface area contributed by atoms with Gasteiger partial charge in [-0.1, -0.05) is 24.4 Å². The Morgan fingerprint density at radius 3 is 3.00 bits per heavy atom. The van der Waals surface area contributed by atoms with Crippen molar-refractivity contribution in [3.63, 3.8) is 0 Å². The highest BCUT2D eigenvalue weighted by atomic mass is 16.5. The van der Waals surface area contributed by atoms with Crippen molar-refractivity contribution >= 4 is 0 Å². The molecule has 2 aliphatic rings. The molecule has 122 valence electrons. The van der Waals surface area contributed by atoms with E-state index in [1.54, 1.807) is 19.5 Å². The molecular weight excluding hydrogens is 292 g/mol. The molecule has 0 radical (unpaired) electrons. The summed E-state index contributed by atoms with van der Waals surface area (Å²) in [7, 11) is 1.62. The quantitative estimate of drug-likeness (QED) is 0.939. The fourth-order valence-electron chi connectivity index (χ4n) is 4.15. The largest absolute Gasteiger partial charge is 0.494 e. The fourth-order valence-corrected chi connectivity index (χ4v) is 4.15. The second-order valence-electron chi connectivity index (χ2n) is 6.64. The third-order valence-electron chi connectivity index (χ3n) is 5.40. The van der Waals surface area contributed by atoms with Crippen LogP contribution in [-0.4, -0.2) is 35.3 Å². The maximum Gasteiger partial charge on any atom is 0.231 e. The van der Waals surface area contributed by atoms with Crippen molar-refractivity contribution in [3.05, 3.63) is 24.4 Å². The van der Waals surface area contributed by atoms with Crippen LogP contribution in [0.1, 0.15) is 43.9 Å². The Kier molecular flexibility index (Phi) is 3.77. The lowest BCUT2D eigenvalue weighted by Gasteiger charge is -2.36. The second kappa shape index (κ2) is 5.92. The van der Waals surface area contributed by atoms with Crippen LogP contribution in [-0.2, 0) is 0 Å². The van der Waals surface area contributed by atoms with Crippen LogP contribution in [0, 0.1) is 5.41 Å². The van der Waals surface area contributed by atoms with E-state index in [1.165, 1.54) is 32.1 Å². The third kappa shape index (κ3) is 2.51. The number of ether oxygens (including phenoxy) is 1. The van der Waals surface area contributed by atoms with Crippen molar-refractivity contribution in [2.45, 2.75) is 38.0 Å². The summed E-state index contributed by atoms with van der Waals surface area (Å²) >= 11 is 0. The Balaban J connectivity index is 1.65. The molecule has 4 rings (SSSR count). The van der Waals surface area contributed by atoms with Gasteiger partial charge in [0.25, 0.3) is 0 Å². The molecule has 0 amide bonds. The summed E-state index contributed by atoms with van der Waals surface area (Å²) < 4.78 is 11.0. The van der Waals surface area contributed by atoms with Gasteiger partial charge >= 0.3 is 0 Å². The molecule has 6 nitrogen and oxygen atoms in total. The maximum atomic E-state index is 5.65. The van der Waals surface area contributed by atoms with Gasteiger partial charge in [0, 0.05) is 19.3 Å². The monoisotopic (exact) mass is 314 g/mol. The van der Waals surface area contributed by atoms with E-state index in [9.17, 15) is 0 Å². The zero-order valence-corrected chi connectivity index (χ0v) is 13.4. The summed E-state index contributed by atoms with van der Waals surface area (Å²) in [6.07, 6.45) is 9.84. The molecule has 0 bridgehead atoms. The standard InChI is InChI=1S/C17H22N4O2/c1-22-14-10-18-8-5-12(14)15-20-16(23-21-15)13-9-19-11-17(13)6-3-2-4-7-17/h5,8,10,13,19H,2-4,6-7,9,11H2,1H3. The lowest BCUT2D eigenvalue weighted by atomic mass is 9.67. The Hall–Kier alpha value is -1.95. The normalized spacial score (nSPS) is 23.3. The average Bonchev–Trinajstić information content (AvgIpc) is 3.23. The Labute approximate surface area is 135 Å². The van der Waals surface area contributed by atoms with Gasteiger partial charge in [-0.05, 0) is 24.3 Å². The Morgan fingerprint density at radius 1 is 1.30 bits per heavy atom. The predicted octanol–water partition coefficient (Wildman–Crippen LogP) is 2.78. The molecule has 1 spiro atoms. The first kappa shape index (κ1) is 14.6. The molecule has 1 aliphatic heterocycles. The molecule has 1 saturated carbocycles. The first-order chi connectivity index (χ1) is 11.3. The van der Waals surface area contributed by atoms with E-state index < -0.39 is 0 Å². The second-order valence-corrected chi connectivity index (χ2v) is 6.64. The van der Waals surface area contributed by atoms with Crippen molar-refractivity contribution in [2.75, 3.05) is 20.2 Å². The molecule has 2 fully saturated rings. The van der Waals surface area contributed by atoms with E-state index in [-0.39, 0.29) is 0 Å². The van der Waals surface area contributed by atoms with Crippen molar-refractivity contribution in [3.8, 4) is 17.1 Å². The molecule has 0 aromatic carbocycles. The molecule has 1 aliphatic carbocycles. The van der Waals surface area contributed by atoms with Gasteiger partial charge in [-0.3, -0.25) is 4.98 Å². The summed E-state index contributed by atoms with van der Waals surface area (Å²) in [5.74, 6) is 2.32. The minimum Gasteiger partial charge on any atom is -0.494 e. The number of nitrogens with one attached hydrogen (secondary N) is 1. The molecule has 23 heavy (non-hydrogen) atoms. The zero-order valence-electron chi connectivity index (χ0n) is 13.4. The molecular formula is C17H22N4O2. The molecule has 6 heteroatoms. The van der Waals surface area contributed by atoms with E-state index >= 15 is 0 Å². The van der Waals surface area contributed by atoms with Crippen molar-refractivity contribution in [1.82, 2.24) is 20.4 Å². The minimum absolute atomic E-state index is 0.296. The van der Waals surface area contributed by atoms with Crippen LogP contribution in [0.15, 0.2) is 23.0 Å².